The van der Waals surface area contributed by atoms with Gasteiger partial charge in [0.2, 0.25) is 0 Å². The van der Waals surface area contributed by atoms with Gasteiger partial charge < -0.3 is 10.6 Å². The summed E-state index contributed by atoms with van der Waals surface area (Å²) in [5.74, 6) is 0. The van der Waals surface area contributed by atoms with E-state index in [9.17, 15) is 9.59 Å². The van der Waals surface area contributed by atoms with Crippen molar-refractivity contribution in [3.8, 4) is 0 Å². The van der Waals surface area contributed by atoms with Gasteiger partial charge in [-0.25, -0.2) is 4.79 Å². The van der Waals surface area contributed by atoms with E-state index in [1.54, 1.807) is 24.3 Å². The van der Waals surface area contributed by atoms with Crippen molar-refractivity contribution in [3.63, 3.8) is 0 Å². The van der Waals surface area contributed by atoms with Gasteiger partial charge in [0, 0.05) is 17.4 Å². The number of carbonyl (C=O) groups excluding carboxylic acids is 1. The molecule has 0 aliphatic heterocycles. The molecule has 0 aliphatic rings. The highest BCUT2D eigenvalue weighted by Crippen LogP contribution is 2.19. The first-order valence-electron chi connectivity index (χ1n) is 7.42. The number of rotatable bonds is 3. The van der Waals surface area contributed by atoms with Crippen LogP contribution < -0.4 is 16.2 Å². The minimum absolute atomic E-state index is 0.153. The summed E-state index contributed by atoms with van der Waals surface area (Å²) in [6.45, 7) is 3.99. The van der Waals surface area contributed by atoms with Gasteiger partial charge in [0.25, 0.3) is 5.56 Å². The Morgan fingerprint density at radius 1 is 1.04 bits per heavy atom. The van der Waals surface area contributed by atoms with Crippen LogP contribution in [-0.4, -0.2) is 15.8 Å². The highest BCUT2D eigenvalue weighted by molar-refractivity contribution is 6.00. The second-order valence-electron chi connectivity index (χ2n) is 5.58. The lowest BCUT2D eigenvalue weighted by Gasteiger charge is -2.09. The molecule has 0 unspecified atom stereocenters. The van der Waals surface area contributed by atoms with E-state index in [0.717, 1.165) is 5.52 Å². The summed E-state index contributed by atoms with van der Waals surface area (Å²) in [5, 5.41) is 8.83. The number of hydrogen-bond acceptors (Lipinski definition) is 2. The molecule has 23 heavy (non-hydrogen) atoms. The van der Waals surface area contributed by atoms with Crippen LogP contribution in [0.2, 0.25) is 0 Å². The van der Waals surface area contributed by atoms with E-state index >= 15 is 0 Å². The summed E-state index contributed by atoms with van der Waals surface area (Å²) in [6, 6.07) is 14.2. The van der Waals surface area contributed by atoms with Crippen molar-refractivity contribution in [1.29, 1.82) is 0 Å². The lowest BCUT2D eigenvalue weighted by Crippen LogP contribution is -2.19. The van der Waals surface area contributed by atoms with Gasteiger partial charge >= 0.3 is 6.03 Å². The molecule has 2 amide bonds. The molecule has 0 saturated heterocycles. The van der Waals surface area contributed by atoms with Gasteiger partial charge in [-0.05, 0) is 44.2 Å². The predicted molar refractivity (Wildman–Crippen MR) is 92.0 cm³/mol. The number of fused-ring (bicyclic) bond motifs is 1. The molecule has 6 heteroatoms. The van der Waals surface area contributed by atoms with Crippen LogP contribution in [0.15, 0.2) is 53.3 Å². The summed E-state index contributed by atoms with van der Waals surface area (Å²) < 4.78 is 1.81. The molecule has 3 aromatic rings. The molecule has 0 atom stereocenters. The third-order valence-electron chi connectivity index (χ3n) is 3.53. The number of urea groups is 1. The summed E-state index contributed by atoms with van der Waals surface area (Å²) >= 11 is 0. The average molecular weight is 310 g/mol. The third kappa shape index (κ3) is 3.11. The molecule has 3 rings (SSSR count). The van der Waals surface area contributed by atoms with Gasteiger partial charge in [-0.15, -0.1) is 0 Å². The van der Waals surface area contributed by atoms with E-state index in [1.165, 1.54) is 0 Å². The summed E-state index contributed by atoms with van der Waals surface area (Å²) in [6.07, 6.45) is 0. The maximum absolute atomic E-state index is 12.0. The Bertz CT molecular complexity index is 894. The number of anilines is 2. The zero-order chi connectivity index (χ0) is 16.4. The average Bonchev–Trinajstić information content (AvgIpc) is 2.85. The van der Waals surface area contributed by atoms with Crippen molar-refractivity contribution in [2.45, 2.75) is 19.9 Å². The summed E-state index contributed by atoms with van der Waals surface area (Å²) in [7, 11) is 0. The number of para-hydroxylation sites is 1. The van der Waals surface area contributed by atoms with Crippen molar-refractivity contribution >= 4 is 28.3 Å². The van der Waals surface area contributed by atoms with Gasteiger partial charge in [0.05, 0.1) is 10.9 Å². The molecular formula is C17H18N4O2. The molecule has 3 N–H and O–H groups in total. The number of nitrogens with zero attached hydrogens (tertiary/aromatic N) is 1. The zero-order valence-electron chi connectivity index (χ0n) is 13.0. The fourth-order valence-corrected chi connectivity index (χ4v) is 2.46. The number of H-pyrrole nitrogens is 1. The van der Waals surface area contributed by atoms with Gasteiger partial charge in [-0.1, -0.05) is 18.2 Å². The maximum Gasteiger partial charge on any atom is 0.323 e. The molecule has 1 aromatic heterocycles. The molecule has 118 valence electrons. The van der Waals surface area contributed by atoms with E-state index < -0.39 is 0 Å². The fourth-order valence-electron chi connectivity index (χ4n) is 2.46. The van der Waals surface area contributed by atoms with E-state index in [4.69, 9.17) is 0 Å². The van der Waals surface area contributed by atoms with Crippen LogP contribution in [0, 0.1) is 0 Å². The van der Waals surface area contributed by atoms with E-state index in [0.29, 0.717) is 16.8 Å². The first-order chi connectivity index (χ1) is 11.0. The lowest BCUT2D eigenvalue weighted by molar-refractivity contribution is 0.262. The monoisotopic (exact) mass is 310 g/mol. The Balaban J connectivity index is 1.82. The van der Waals surface area contributed by atoms with Crippen molar-refractivity contribution in [2.24, 2.45) is 0 Å². The smallest absolute Gasteiger partial charge is 0.308 e. The van der Waals surface area contributed by atoms with Crippen LogP contribution in [0.3, 0.4) is 0 Å². The zero-order valence-corrected chi connectivity index (χ0v) is 13.0. The van der Waals surface area contributed by atoms with Gasteiger partial charge in [-0.3, -0.25) is 14.6 Å². The van der Waals surface area contributed by atoms with E-state index in [2.05, 4.69) is 15.7 Å². The third-order valence-corrected chi connectivity index (χ3v) is 3.53. The van der Waals surface area contributed by atoms with Crippen LogP contribution in [-0.2, 0) is 0 Å². The molecule has 0 spiro atoms. The molecule has 0 saturated carbocycles. The molecular weight excluding hydrogens is 292 g/mol. The number of amides is 2. The van der Waals surface area contributed by atoms with Gasteiger partial charge in [0.15, 0.2) is 0 Å². The quantitative estimate of drug-likeness (QED) is 0.691. The van der Waals surface area contributed by atoms with E-state index in [1.807, 2.05) is 42.8 Å². The lowest BCUT2D eigenvalue weighted by atomic mass is 10.2. The Morgan fingerprint density at radius 3 is 2.43 bits per heavy atom. The molecule has 1 heterocycles. The standard InChI is InChI=1S/C17H18N4O2/c1-11(2)21-15-9-8-13(10-14(15)16(22)20-21)19-17(23)18-12-6-4-3-5-7-12/h3-11H,1-2H3,(H,20,22)(H2,18,19,23). The highest BCUT2D eigenvalue weighted by atomic mass is 16.2. The van der Waals surface area contributed by atoms with Crippen LogP contribution in [0.25, 0.3) is 10.9 Å². The molecule has 0 radical (unpaired) electrons. The molecule has 0 fully saturated rings. The normalized spacial score (nSPS) is 10.9. The topological polar surface area (TPSA) is 78.9 Å². The van der Waals surface area contributed by atoms with Crippen LogP contribution in [0.4, 0.5) is 16.2 Å². The maximum atomic E-state index is 12.0. The first-order valence-corrected chi connectivity index (χ1v) is 7.42. The predicted octanol–water partition coefficient (Wildman–Crippen LogP) is 3.55. The summed E-state index contributed by atoms with van der Waals surface area (Å²) in [4.78, 5) is 24.0. The van der Waals surface area contributed by atoms with E-state index in [-0.39, 0.29) is 17.6 Å². The van der Waals surface area contributed by atoms with Crippen molar-refractivity contribution in [3.05, 3.63) is 58.9 Å². The van der Waals surface area contributed by atoms with Crippen molar-refractivity contribution in [1.82, 2.24) is 9.78 Å². The van der Waals surface area contributed by atoms with Crippen molar-refractivity contribution < 1.29 is 4.79 Å². The fraction of sp³-hybridized carbons (Fsp3) is 0.176. The van der Waals surface area contributed by atoms with Gasteiger partial charge in [0.1, 0.15) is 0 Å². The number of benzene rings is 2. The largest absolute Gasteiger partial charge is 0.323 e. The van der Waals surface area contributed by atoms with Crippen LogP contribution >= 0.6 is 0 Å². The molecule has 6 nitrogen and oxygen atoms in total. The molecule has 0 aliphatic carbocycles. The minimum Gasteiger partial charge on any atom is -0.308 e. The Labute approximate surface area is 133 Å². The number of hydrogen-bond donors (Lipinski definition) is 3. The highest BCUT2D eigenvalue weighted by Gasteiger charge is 2.10. The number of aromatic amines is 1. The van der Waals surface area contributed by atoms with Crippen LogP contribution in [0.5, 0.6) is 0 Å². The second kappa shape index (κ2) is 6.00. The number of nitrogens with one attached hydrogen (secondary N) is 3. The minimum atomic E-state index is -0.352. The summed E-state index contributed by atoms with van der Waals surface area (Å²) in [5.41, 5.74) is 1.92. The Kier molecular flexibility index (Phi) is 3.89. The number of carbonyl (C=O) groups is 1. The SMILES string of the molecule is CC(C)n1[nH]c(=O)c2cc(NC(=O)Nc3ccccc3)ccc21. The van der Waals surface area contributed by atoms with Crippen molar-refractivity contribution in [2.75, 3.05) is 10.6 Å². The Morgan fingerprint density at radius 2 is 1.74 bits per heavy atom. The molecule has 0 bridgehead atoms. The first kappa shape index (κ1) is 14.9. The second-order valence-corrected chi connectivity index (χ2v) is 5.58. The number of aromatic nitrogens is 2. The molecule has 2 aromatic carbocycles. The Hall–Kier alpha value is -3.02. The van der Waals surface area contributed by atoms with Crippen LogP contribution in [0.1, 0.15) is 19.9 Å². The van der Waals surface area contributed by atoms with Gasteiger partial charge in [-0.2, -0.15) is 0 Å².